The van der Waals surface area contributed by atoms with Crippen LogP contribution in [0.3, 0.4) is 0 Å². The van der Waals surface area contributed by atoms with Crippen LogP contribution in [0.1, 0.15) is 31.1 Å². The Labute approximate surface area is 174 Å². The lowest BCUT2D eigenvalue weighted by Gasteiger charge is -2.11. The lowest BCUT2D eigenvalue weighted by Crippen LogP contribution is -2.00. The minimum atomic E-state index is 0.593. The number of rotatable bonds is 8. The summed E-state index contributed by atoms with van der Waals surface area (Å²) in [5.41, 5.74) is 2.77. The number of unbranched alkanes of at least 4 members (excludes halogenated alkanes) is 1. The number of benzene rings is 2. The Morgan fingerprint density at radius 3 is 2.83 bits per heavy atom. The van der Waals surface area contributed by atoms with E-state index in [1.165, 1.54) is 0 Å². The lowest BCUT2D eigenvalue weighted by molar-refractivity contribution is 0.306. The summed E-state index contributed by atoms with van der Waals surface area (Å²) in [7, 11) is 1.65. The number of H-pyrrole nitrogens is 1. The van der Waals surface area contributed by atoms with Crippen molar-refractivity contribution < 1.29 is 13.9 Å². The van der Waals surface area contributed by atoms with Crippen molar-refractivity contribution in [2.24, 2.45) is 0 Å². The van der Waals surface area contributed by atoms with Crippen LogP contribution in [0.4, 0.5) is 0 Å². The number of nitrogens with one attached hydrogen (secondary N) is 1. The Bertz CT molecular complexity index is 1120. The van der Waals surface area contributed by atoms with Crippen LogP contribution in [-0.4, -0.2) is 23.7 Å². The molecule has 0 radical (unpaired) electrons. The molecule has 0 unspecified atom stereocenters. The van der Waals surface area contributed by atoms with Crippen molar-refractivity contribution in [3.63, 3.8) is 0 Å². The van der Waals surface area contributed by atoms with Gasteiger partial charge in [0.25, 0.3) is 0 Å². The van der Waals surface area contributed by atoms with Crippen molar-refractivity contribution in [2.45, 2.75) is 26.2 Å². The van der Waals surface area contributed by atoms with E-state index in [4.69, 9.17) is 25.5 Å². The van der Waals surface area contributed by atoms with Gasteiger partial charge >= 0.3 is 0 Å². The van der Waals surface area contributed by atoms with Gasteiger partial charge in [0.15, 0.2) is 11.6 Å². The number of ether oxygens (including phenoxy) is 2. The monoisotopic (exact) mass is 410 g/mol. The standard InChI is InChI=1S/C23H23ClN2O3/c1-3-4-11-28-21-9-5-16(24)12-15(21)13-18-7-10-22(29-18)23-25-19-8-6-17(27-2)14-20(19)26-23/h5-10,12,14H,3-4,11,13H2,1-2H3,(H,25,26). The van der Waals surface area contributed by atoms with Crippen molar-refractivity contribution in [3.8, 4) is 23.1 Å². The van der Waals surface area contributed by atoms with Crippen LogP contribution in [0.2, 0.25) is 5.02 Å². The summed E-state index contributed by atoms with van der Waals surface area (Å²) < 4.78 is 17.3. The van der Waals surface area contributed by atoms with Crippen LogP contribution in [0.15, 0.2) is 52.9 Å². The molecule has 5 nitrogen and oxygen atoms in total. The fourth-order valence-corrected chi connectivity index (χ4v) is 3.37. The number of aromatic nitrogens is 2. The molecule has 0 aliphatic carbocycles. The minimum absolute atomic E-state index is 0.593. The predicted octanol–water partition coefficient (Wildman–Crippen LogP) is 6.25. The quantitative estimate of drug-likeness (QED) is 0.348. The maximum Gasteiger partial charge on any atom is 0.174 e. The number of hydrogen-bond acceptors (Lipinski definition) is 4. The van der Waals surface area contributed by atoms with Gasteiger partial charge in [0.1, 0.15) is 17.3 Å². The van der Waals surface area contributed by atoms with Gasteiger partial charge in [0.2, 0.25) is 0 Å². The largest absolute Gasteiger partial charge is 0.497 e. The van der Waals surface area contributed by atoms with Gasteiger partial charge in [0, 0.05) is 23.1 Å². The van der Waals surface area contributed by atoms with Gasteiger partial charge in [0.05, 0.1) is 24.8 Å². The van der Waals surface area contributed by atoms with E-state index in [1.54, 1.807) is 7.11 Å². The second kappa shape index (κ2) is 8.62. The van der Waals surface area contributed by atoms with E-state index in [-0.39, 0.29) is 0 Å². The van der Waals surface area contributed by atoms with Crippen molar-refractivity contribution in [1.29, 1.82) is 0 Å². The van der Waals surface area contributed by atoms with Gasteiger partial charge in [-0.25, -0.2) is 4.98 Å². The number of imidazole rings is 1. The third-order valence-corrected chi connectivity index (χ3v) is 4.96. The van der Waals surface area contributed by atoms with E-state index in [1.807, 2.05) is 48.5 Å². The van der Waals surface area contributed by atoms with Crippen LogP contribution in [-0.2, 0) is 6.42 Å². The third kappa shape index (κ3) is 4.40. The van der Waals surface area contributed by atoms with Crippen molar-refractivity contribution >= 4 is 22.6 Å². The zero-order valence-corrected chi connectivity index (χ0v) is 17.3. The zero-order valence-electron chi connectivity index (χ0n) is 16.5. The SMILES string of the molecule is CCCCOc1ccc(Cl)cc1Cc1ccc(-c2nc3ccc(OC)cc3[nH]2)o1. The second-order valence-electron chi connectivity index (χ2n) is 6.87. The number of fused-ring (bicyclic) bond motifs is 1. The van der Waals surface area contributed by atoms with Crippen LogP contribution in [0, 0.1) is 0 Å². The summed E-state index contributed by atoms with van der Waals surface area (Å²) in [4.78, 5) is 7.90. The molecule has 0 saturated heterocycles. The molecule has 4 aromatic rings. The van der Waals surface area contributed by atoms with Crippen LogP contribution < -0.4 is 9.47 Å². The maximum absolute atomic E-state index is 6.20. The van der Waals surface area contributed by atoms with Crippen molar-refractivity contribution in [3.05, 3.63) is 64.9 Å². The molecular weight excluding hydrogens is 388 g/mol. The van der Waals surface area contributed by atoms with E-state index in [0.29, 0.717) is 29.6 Å². The first-order chi connectivity index (χ1) is 14.2. The number of aromatic amines is 1. The highest BCUT2D eigenvalue weighted by molar-refractivity contribution is 6.30. The van der Waals surface area contributed by atoms with Crippen LogP contribution in [0.5, 0.6) is 11.5 Å². The van der Waals surface area contributed by atoms with Crippen molar-refractivity contribution in [2.75, 3.05) is 13.7 Å². The highest BCUT2D eigenvalue weighted by atomic mass is 35.5. The number of nitrogens with zero attached hydrogens (tertiary/aromatic N) is 1. The van der Waals surface area contributed by atoms with E-state index >= 15 is 0 Å². The molecule has 0 fully saturated rings. The second-order valence-corrected chi connectivity index (χ2v) is 7.30. The molecule has 0 amide bonds. The maximum atomic E-state index is 6.20. The molecule has 0 spiro atoms. The molecule has 4 rings (SSSR count). The van der Waals surface area contributed by atoms with E-state index in [9.17, 15) is 0 Å². The zero-order chi connectivity index (χ0) is 20.2. The van der Waals surface area contributed by atoms with Crippen LogP contribution >= 0.6 is 11.6 Å². The molecule has 2 aromatic carbocycles. The molecule has 2 heterocycles. The molecule has 0 saturated carbocycles. The Balaban J connectivity index is 1.56. The van der Waals surface area contributed by atoms with Gasteiger partial charge < -0.3 is 18.9 Å². The normalized spacial score (nSPS) is 11.1. The van der Waals surface area contributed by atoms with Gasteiger partial charge in [-0.3, -0.25) is 0 Å². The molecule has 0 atom stereocenters. The topological polar surface area (TPSA) is 60.3 Å². The molecule has 0 aliphatic heterocycles. The van der Waals surface area contributed by atoms with Gasteiger partial charge in [-0.05, 0) is 48.9 Å². The summed E-state index contributed by atoms with van der Waals surface area (Å²) in [6, 6.07) is 15.3. The summed E-state index contributed by atoms with van der Waals surface area (Å²) in [5, 5.41) is 0.681. The number of furan rings is 1. The molecule has 2 aromatic heterocycles. The average molecular weight is 411 g/mol. The Morgan fingerprint density at radius 1 is 1.10 bits per heavy atom. The van der Waals surface area contributed by atoms with E-state index < -0.39 is 0 Å². The highest BCUT2D eigenvalue weighted by Gasteiger charge is 2.13. The smallest absolute Gasteiger partial charge is 0.174 e. The number of hydrogen-bond donors (Lipinski definition) is 1. The summed E-state index contributed by atoms with van der Waals surface area (Å²) in [6.45, 7) is 2.83. The molecule has 150 valence electrons. The fraction of sp³-hybridized carbons (Fsp3) is 0.261. The summed E-state index contributed by atoms with van der Waals surface area (Å²) in [5.74, 6) is 3.82. The van der Waals surface area contributed by atoms with Gasteiger partial charge in [-0.1, -0.05) is 24.9 Å². The lowest BCUT2D eigenvalue weighted by atomic mass is 10.1. The first-order valence-electron chi connectivity index (χ1n) is 9.70. The molecule has 0 aliphatic rings. The van der Waals surface area contributed by atoms with E-state index in [0.717, 1.165) is 46.7 Å². The minimum Gasteiger partial charge on any atom is -0.497 e. The Morgan fingerprint density at radius 2 is 2.00 bits per heavy atom. The molecule has 6 heteroatoms. The Kier molecular flexibility index (Phi) is 5.76. The Hall–Kier alpha value is -2.92. The fourth-order valence-electron chi connectivity index (χ4n) is 3.17. The predicted molar refractivity (Wildman–Crippen MR) is 115 cm³/mol. The van der Waals surface area contributed by atoms with Gasteiger partial charge in [-0.15, -0.1) is 0 Å². The average Bonchev–Trinajstić information content (AvgIpc) is 3.35. The third-order valence-electron chi connectivity index (χ3n) is 4.73. The summed E-state index contributed by atoms with van der Waals surface area (Å²) in [6.07, 6.45) is 2.70. The molecule has 1 N–H and O–H groups in total. The number of methoxy groups -OCH3 is 1. The highest BCUT2D eigenvalue weighted by Crippen LogP contribution is 2.29. The molecule has 29 heavy (non-hydrogen) atoms. The molecule has 0 bridgehead atoms. The first-order valence-corrected chi connectivity index (χ1v) is 10.1. The number of halogens is 1. The summed E-state index contributed by atoms with van der Waals surface area (Å²) >= 11 is 6.20. The molecular formula is C23H23ClN2O3. The first kappa shape index (κ1) is 19.4. The van der Waals surface area contributed by atoms with E-state index in [2.05, 4.69) is 16.9 Å². The van der Waals surface area contributed by atoms with Crippen LogP contribution in [0.25, 0.3) is 22.6 Å². The van der Waals surface area contributed by atoms with Gasteiger partial charge in [-0.2, -0.15) is 0 Å². The van der Waals surface area contributed by atoms with Crippen molar-refractivity contribution in [1.82, 2.24) is 9.97 Å².